The Labute approximate surface area is 247 Å². The van der Waals surface area contributed by atoms with E-state index < -0.39 is 0 Å². The van der Waals surface area contributed by atoms with Gasteiger partial charge in [-0.1, -0.05) is 113 Å². The van der Waals surface area contributed by atoms with Gasteiger partial charge in [0.15, 0.2) is 0 Å². The summed E-state index contributed by atoms with van der Waals surface area (Å²) in [5, 5.41) is 0. The van der Waals surface area contributed by atoms with Crippen molar-refractivity contribution in [2.24, 2.45) is 0 Å². The van der Waals surface area contributed by atoms with Gasteiger partial charge in [0, 0.05) is 9.75 Å². The van der Waals surface area contributed by atoms with Crippen molar-refractivity contribution in [3.05, 3.63) is 83.9 Å². The van der Waals surface area contributed by atoms with Gasteiger partial charge >= 0.3 is 0 Å². The van der Waals surface area contributed by atoms with E-state index in [4.69, 9.17) is 0 Å². The third kappa shape index (κ3) is 9.48. The minimum absolute atomic E-state index is 1.23. The maximum atomic E-state index is 2.28. The number of benzene rings is 2. The lowest BCUT2D eigenvalue weighted by atomic mass is 10.1. The summed E-state index contributed by atoms with van der Waals surface area (Å²) in [5.74, 6) is 2.47. The smallest absolute Gasteiger partial charge is 0.0605 e. The van der Waals surface area contributed by atoms with Crippen LogP contribution in [0, 0.1) is 0 Å². The minimum atomic E-state index is 1.23. The van der Waals surface area contributed by atoms with Crippen molar-refractivity contribution in [3.63, 3.8) is 0 Å². The van der Waals surface area contributed by atoms with E-state index in [1.807, 2.05) is 46.2 Å². The van der Waals surface area contributed by atoms with Crippen LogP contribution in [0.15, 0.2) is 81.2 Å². The van der Waals surface area contributed by atoms with E-state index in [1.165, 1.54) is 103 Å². The zero-order valence-corrected chi connectivity index (χ0v) is 26.1. The fraction of sp³-hybridized carbons (Fsp3) is 0.353. The first kappa shape index (κ1) is 29.3. The summed E-state index contributed by atoms with van der Waals surface area (Å²) in [7, 11) is 0. The number of unbranched alkanes of at least 4 members (excludes halogenated alkanes) is 6. The van der Waals surface area contributed by atoms with Gasteiger partial charge in [0.05, 0.1) is 8.42 Å². The maximum Gasteiger partial charge on any atom is 0.0605 e. The van der Waals surface area contributed by atoms with E-state index in [1.54, 1.807) is 0 Å². The number of thioether (sulfide) groups is 2. The fourth-order valence-electron chi connectivity index (χ4n) is 4.22. The molecule has 0 fully saturated rings. The average molecular weight is 577 g/mol. The largest absolute Gasteiger partial charge is 0.129 e. The lowest BCUT2D eigenvalue weighted by Gasteiger charge is -2.01. The molecule has 2 aromatic heterocycles. The van der Waals surface area contributed by atoms with Gasteiger partial charge < -0.3 is 0 Å². The molecule has 0 aliphatic heterocycles. The summed E-state index contributed by atoms with van der Waals surface area (Å²) in [5.41, 5.74) is 5.09. The Kier molecular flexibility index (Phi) is 12.6. The van der Waals surface area contributed by atoms with Crippen LogP contribution in [0.3, 0.4) is 0 Å². The van der Waals surface area contributed by atoms with Gasteiger partial charge in [-0.25, -0.2) is 0 Å². The van der Waals surface area contributed by atoms with Crippen molar-refractivity contribution in [2.45, 2.75) is 73.6 Å². The van der Waals surface area contributed by atoms with Crippen LogP contribution in [0.25, 0.3) is 33.0 Å². The predicted octanol–water partition coefficient (Wildman–Crippen LogP) is 12.7. The molecule has 2 aromatic carbocycles. The molecular weight excluding hydrogens is 537 g/mol. The molecule has 2 heterocycles. The molecule has 0 amide bonds. The number of thiophene rings is 2. The summed E-state index contributed by atoms with van der Waals surface area (Å²) in [6, 6.07) is 27.0. The summed E-state index contributed by atoms with van der Waals surface area (Å²) in [6.07, 6.45) is 15.1. The third-order valence-corrected chi connectivity index (χ3v) is 11.4. The standard InChI is InChI=1S/C34H40S4/c1-3-5-7-9-25-35-33-23-21-31(37-33)29-17-13-27(14-18-29)11-12-28-15-19-30(20-16-28)32-22-24-34(38-32)36-26-10-8-6-4-2/h11-24H,3-10,25-26H2,1-2H3. The van der Waals surface area contributed by atoms with Crippen molar-refractivity contribution in [2.75, 3.05) is 11.5 Å². The highest BCUT2D eigenvalue weighted by Crippen LogP contribution is 2.36. The van der Waals surface area contributed by atoms with Crippen LogP contribution in [-0.2, 0) is 0 Å². The lowest BCUT2D eigenvalue weighted by molar-refractivity contribution is 0.706. The van der Waals surface area contributed by atoms with Crippen molar-refractivity contribution in [1.29, 1.82) is 0 Å². The Bertz CT molecular complexity index is 1130. The predicted molar refractivity (Wildman–Crippen MR) is 178 cm³/mol. The first-order valence-corrected chi connectivity index (χ1v) is 17.7. The van der Waals surface area contributed by atoms with E-state index >= 15 is 0 Å². The lowest BCUT2D eigenvalue weighted by Crippen LogP contribution is -1.79. The van der Waals surface area contributed by atoms with Crippen molar-refractivity contribution >= 4 is 58.3 Å². The molecule has 38 heavy (non-hydrogen) atoms. The Balaban J connectivity index is 1.26. The van der Waals surface area contributed by atoms with Crippen LogP contribution < -0.4 is 0 Å². The topological polar surface area (TPSA) is 0 Å². The van der Waals surface area contributed by atoms with Gasteiger partial charge in [0.1, 0.15) is 0 Å². The molecular formula is C34H40S4. The summed E-state index contributed by atoms with van der Waals surface area (Å²) in [6.45, 7) is 4.54. The van der Waals surface area contributed by atoms with Crippen molar-refractivity contribution in [1.82, 2.24) is 0 Å². The Hall–Kier alpha value is -1.72. The summed E-state index contributed by atoms with van der Waals surface area (Å²) >= 11 is 7.85. The molecule has 0 unspecified atom stereocenters. The third-order valence-electron chi connectivity index (χ3n) is 6.51. The first-order chi connectivity index (χ1) is 18.7. The van der Waals surface area contributed by atoms with Crippen molar-refractivity contribution < 1.29 is 0 Å². The van der Waals surface area contributed by atoms with Gasteiger partial charge in [-0.15, -0.1) is 46.2 Å². The highest BCUT2D eigenvalue weighted by atomic mass is 32.2. The second-order valence-electron chi connectivity index (χ2n) is 9.63. The van der Waals surface area contributed by atoms with Crippen molar-refractivity contribution in [3.8, 4) is 20.9 Å². The van der Waals surface area contributed by atoms with Crippen LogP contribution in [-0.4, -0.2) is 11.5 Å². The molecule has 0 nitrogen and oxygen atoms in total. The summed E-state index contributed by atoms with van der Waals surface area (Å²) in [4.78, 5) is 2.72. The van der Waals surface area contributed by atoms with E-state index in [0.29, 0.717) is 0 Å². The number of rotatable bonds is 16. The monoisotopic (exact) mass is 576 g/mol. The normalized spacial score (nSPS) is 11.5. The number of hydrogen-bond acceptors (Lipinski definition) is 4. The Morgan fingerprint density at radius 1 is 0.500 bits per heavy atom. The fourth-order valence-corrected chi connectivity index (χ4v) is 8.64. The van der Waals surface area contributed by atoms with E-state index in [0.717, 1.165) is 0 Å². The first-order valence-electron chi connectivity index (χ1n) is 14.1. The molecule has 0 radical (unpaired) electrons. The van der Waals surface area contributed by atoms with Crippen LogP contribution in [0.4, 0.5) is 0 Å². The highest BCUT2D eigenvalue weighted by molar-refractivity contribution is 8.01. The van der Waals surface area contributed by atoms with Crippen LogP contribution in [0.5, 0.6) is 0 Å². The zero-order chi connectivity index (χ0) is 26.4. The molecule has 0 aliphatic rings. The average Bonchev–Trinajstić information content (AvgIpc) is 3.63. The minimum Gasteiger partial charge on any atom is -0.129 e. The molecule has 0 spiro atoms. The molecule has 0 saturated heterocycles. The molecule has 0 bridgehead atoms. The maximum absolute atomic E-state index is 2.28. The quantitative estimate of drug-likeness (QED) is 0.0739. The molecule has 4 heteroatoms. The van der Waals surface area contributed by atoms with Crippen LogP contribution in [0.2, 0.25) is 0 Å². The zero-order valence-electron chi connectivity index (χ0n) is 22.8. The number of hydrogen-bond donors (Lipinski definition) is 0. The molecule has 0 atom stereocenters. The molecule has 0 aliphatic carbocycles. The van der Waals surface area contributed by atoms with Gasteiger partial charge in [0.2, 0.25) is 0 Å². The van der Waals surface area contributed by atoms with Gasteiger partial charge in [0.25, 0.3) is 0 Å². The molecule has 200 valence electrons. The van der Waals surface area contributed by atoms with Gasteiger partial charge in [-0.3, -0.25) is 0 Å². The highest BCUT2D eigenvalue weighted by Gasteiger charge is 2.05. The molecule has 0 saturated carbocycles. The Morgan fingerprint density at radius 2 is 0.921 bits per heavy atom. The summed E-state index contributed by atoms with van der Waals surface area (Å²) < 4.78 is 2.87. The Morgan fingerprint density at radius 3 is 1.32 bits per heavy atom. The van der Waals surface area contributed by atoms with Crippen LogP contribution in [0.1, 0.15) is 76.3 Å². The van der Waals surface area contributed by atoms with E-state index in [9.17, 15) is 0 Å². The second kappa shape index (κ2) is 16.4. The van der Waals surface area contributed by atoms with E-state index in [-0.39, 0.29) is 0 Å². The van der Waals surface area contributed by atoms with Gasteiger partial charge in [-0.05, 0) is 70.9 Å². The molecule has 4 rings (SSSR count). The molecule has 4 aromatic rings. The van der Waals surface area contributed by atoms with E-state index in [2.05, 4.69) is 98.8 Å². The second-order valence-corrected chi connectivity index (χ2v) is 14.6. The van der Waals surface area contributed by atoms with Gasteiger partial charge in [-0.2, -0.15) is 0 Å². The van der Waals surface area contributed by atoms with Crippen LogP contribution >= 0.6 is 46.2 Å². The molecule has 0 N–H and O–H groups in total. The SMILES string of the molecule is CCCCCCSc1ccc(-c2ccc(C=Cc3ccc(-c4ccc(SCCCCCC)s4)cc3)cc2)s1.